The van der Waals surface area contributed by atoms with Gasteiger partial charge >= 0.3 is 8.80 Å². The van der Waals surface area contributed by atoms with Gasteiger partial charge in [-0.3, -0.25) is 0 Å². The summed E-state index contributed by atoms with van der Waals surface area (Å²) < 4.78 is 15.7. The van der Waals surface area contributed by atoms with Crippen molar-refractivity contribution in [1.82, 2.24) is 0 Å². The van der Waals surface area contributed by atoms with Gasteiger partial charge in [0.25, 0.3) is 0 Å². The Morgan fingerprint density at radius 1 is 0.923 bits per heavy atom. The fourth-order valence-electron chi connectivity index (χ4n) is 0.949. The lowest BCUT2D eigenvalue weighted by molar-refractivity contribution is 0.123. The Hall–Kier alpha value is 0.0969. The molecule has 0 amide bonds. The van der Waals surface area contributed by atoms with E-state index in [1.165, 1.54) is 0 Å². The average molecular weight is 208 g/mol. The Balaban J connectivity index is 0. The monoisotopic (exact) mass is 208 g/mol. The van der Waals surface area contributed by atoms with E-state index in [9.17, 15) is 0 Å². The van der Waals surface area contributed by atoms with E-state index in [-0.39, 0.29) is 0 Å². The molecule has 82 valence electrons. The van der Waals surface area contributed by atoms with Gasteiger partial charge in [0.2, 0.25) is 0 Å². The van der Waals surface area contributed by atoms with Gasteiger partial charge in [-0.1, -0.05) is 27.2 Å². The molecule has 0 fully saturated rings. The predicted octanol–water partition coefficient (Wildman–Crippen LogP) is 2.69. The van der Waals surface area contributed by atoms with Crippen molar-refractivity contribution in [1.29, 1.82) is 0 Å². The Bertz CT molecular complexity index is 86.6. The topological polar surface area (TPSA) is 27.7 Å². The molecule has 3 nitrogen and oxygen atoms in total. The second kappa shape index (κ2) is 10.2. The van der Waals surface area contributed by atoms with Gasteiger partial charge in [0, 0.05) is 27.4 Å². The molecule has 0 aromatic heterocycles. The highest BCUT2D eigenvalue weighted by Gasteiger charge is 2.36. The van der Waals surface area contributed by atoms with Crippen molar-refractivity contribution >= 4 is 8.80 Å². The van der Waals surface area contributed by atoms with Gasteiger partial charge in [-0.25, -0.2) is 0 Å². The van der Waals surface area contributed by atoms with Crippen molar-refractivity contribution in [3.63, 3.8) is 0 Å². The minimum absolute atomic E-state index is 0.910. The third-order valence-corrected chi connectivity index (χ3v) is 4.60. The molecule has 0 spiro atoms. The molecule has 0 radical (unpaired) electrons. The molecule has 13 heavy (non-hydrogen) atoms. The van der Waals surface area contributed by atoms with Crippen molar-refractivity contribution in [2.45, 2.75) is 39.7 Å². The molecule has 4 heteroatoms. The van der Waals surface area contributed by atoms with Crippen molar-refractivity contribution < 1.29 is 13.3 Å². The summed E-state index contributed by atoms with van der Waals surface area (Å²) in [5, 5.41) is 0. The fourth-order valence-corrected chi connectivity index (χ4v) is 2.85. The summed E-state index contributed by atoms with van der Waals surface area (Å²) in [4.78, 5) is 0. The van der Waals surface area contributed by atoms with E-state index >= 15 is 0 Å². The summed E-state index contributed by atoms with van der Waals surface area (Å²) in [6.45, 7) is 6.14. The minimum Gasteiger partial charge on any atom is -0.377 e. The first-order chi connectivity index (χ1) is 6.24. The second-order valence-corrected chi connectivity index (χ2v) is 5.49. The van der Waals surface area contributed by atoms with Crippen molar-refractivity contribution in [3.05, 3.63) is 0 Å². The zero-order valence-corrected chi connectivity index (χ0v) is 10.8. The molecule has 0 heterocycles. The summed E-state index contributed by atoms with van der Waals surface area (Å²) in [6, 6.07) is 0.910. The standard InChI is InChI=1S/C7H18O3Si.C2H6/c1-5-6-7-11(8-2,9-3)10-4;1-2/h5-7H2,1-4H3;1-2H3. The molecular formula is C9H24O3Si. The highest BCUT2D eigenvalue weighted by atomic mass is 28.4. The molecule has 0 rings (SSSR count). The lowest BCUT2D eigenvalue weighted by atomic mass is 10.4. The Labute approximate surface area is 83.8 Å². The SMILES string of the molecule is CC.CCCC[Si](OC)(OC)OC. The lowest BCUT2D eigenvalue weighted by Crippen LogP contribution is -2.42. The Kier molecular flexibility index (Phi) is 12.2. The molecule has 0 aromatic rings. The molecule has 0 N–H and O–H groups in total. The maximum atomic E-state index is 5.23. The third-order valence-electron chi connectivity index (χ3n) is 1.77. The van der Waals surface area contributed by atoms with Gasteiger partial charge in [0.05, 0.1) is 0 Å². The summed E-state index contributed by atoms with van der Waals surface area (Å²) in [6.07, 6.45) is 2.24. The van der Waals surface area contributed by atoms with Crippen LogP contribution in [0.5, 0.6) is 0 Å². The van der Waals surface area contributed by atoms with E-state index in [0.29, 0.717) is 0 Å². The molecule has 0 saturated heterocycles. The van der Waals surface area contributed by atoms with Gasteiger partial charge in [-0.05, 0) is 6.42 Å². The van der Waals surface area contributed by atoms with Crippen LogP contribution in [0.3, 0.4) is 0 Å². The van der Waals surface area contributed by atoms with Gasteiger partial charge in [-0.15, -0.1) is 0 Å². The molecule has 0 saturated carbocycles. The van der Waals surface area contributed by atoms with Crippen LogP contribution < -0.4 is 0 Å². The first-order valence-electron chi connectivity index (χ1n) is 4.90. The highest BCUT2D eigenvalue weighted by Crippen LogP contribution is 2.15. The summed E-state index contributed by atoms with van der Waals surface area (Å²) in [7, 11) is 2.70. The fraction of sp³-hybridized carbons (Fsp3) is 1.00. The van der Waals surface area contributed by atoms with Crippen LogP contribution in [-0.4, -0.2) is 30.1 Å². The highest BCUT2D eigenvalue weighted by molar-refractivity contribution is 6.60. The molecular weight excluding hydrogens is 184 g/mol. The molecule has 0 aromatic carbocycles. The third kappa shape index (κ3) is 6.21. The van der Waals surface area contributed by atoms with E-state index < -0.39 is 8.80 Å². The summed E-state index contributed by atoms with van der Waals surface area (Å²) in [5.41, 5.74) is 0. The Morgan fingerprint density at radius 2 is 1.31 bits per heavy atom. The number of hydrogen-bond donors (Lipinski definition) is 0. The molecule has 0 atom stereocenters. The van der Waals surface area contributed by atoms with E-state index in [2.05, 4.69) is 6.92 Å². The molecule has 0 bridgehead atoms. The second-order valence-electron chi connectivity index (χ2n) is 2.40. The number of unbranched alkanes of at least 4 members (excludes halogenated alkanes) is 1. The van der Waals surface area contributed by atoms with Gasteiger partial charge in [0.1, 0.15) is 0 Å². The summed E-state index contributed by atoms with van der Waals surface area (Å²) in [5.74, 6) is 0. The van der Waals surface area contributed by atoms with Crippen LogP contribution >= 0.6 is 0 Å². The predicted molar refractivity (Wildman–Crippen MR) is 57.8 cm³/mol. The van der Waals surface area contributed by atoms with Crippen LogP contribution in [0.2, 0.25) is 6.04 Å². The van der Waals surface area contributed by atoms with E-state index in [1.807, 2.05) is 13.8 Å². The van der Waals surface area contributed by atoms with E-state index in [1.54, 1.807) is 21.3 Å². The van der Waals surface area contributed by atoms with E-state index in [0.717, 1.165) is 18.9 Å². The van der Waals surface area contributed by atoms with Crippen molar-refractivity contribution in [3.8, 4) is 0 Å². The van der Waals surface area contributed by atoms with Crippen LogP contribution in [0.4, 0.5) is 0 Å². The van der Waals surface area contributed by atoms with Crippen molar-refractivity contribution in [2.75, 3.05) is 21.3 Å². The van der Waals surface area contributed by atoms with E-state index in [4.69, 9.17) is 13.3 Å². The van der Waals surface area contributed by atoms with Gasteiger partial charge < -0.3 is 13.3 Å². The molecule has 0 aliphatic heterocycles. The first-order valence-corrected chi connectivity index (χ1v) is 6.83. The van der Waals surface area contributed by atoms with Crippen LogP contribution in [-0.2, 0) is 13.3 Å². The van der Waals surface area contributed by atoms with Gasteiger partial charge in [0.15, 0.2) is 0 Å². The van der Waals surface area contributed by atoms with Crippen LogP contribution in [0.1, 0.15) is 33.6 Å². The molecule has 0 unspecified atom stereocenters. The minimum atomic E-state index is -2.24. The molecule has 0 aliphatic rings. The quantitative estimate of drug-likeness (QED) is 0.628. The molecule has 0 aliphatic carbocycles. The van der Waals surface area contributed by atoms with Crippen LogP contribution in [0.25, 0.3) is 0 Å². The largest absolute Gasteiger partial charge is 0.500 e. The maximum absolute atomic E-state index is 5.23. The lowest BCUT2D eigenvalue weighted by Gasteiger charge is -2.23. The number of hydrogen-bond acceptors (Lipinski definition) is 3. The van der Waals surface area contributed by atoms with Crippen LogP contribution in [0, 0.1) is 0 Å². The smallest absolute Gasteiger partial charge is 0.377 e. The maximum Gasteiger partial charge on any atom is 0.500 e. The first kappa shape index (κ1) is 15.6. The van der Waals surface area contributed by atoms with Gasteiger partial charge in [-0.2, -0.15) is 0 Å². The normalized spacial score (nSPS) is 10.6. The zero-order valence-electron chi connectivity index (χ0n) is 9.85. The zero-order chi connectivity index (χ0) is 10.7. The summed E-state index contributed by atoms with van der Waals surface area (Å²) >= 11 is 0. The Morgan fingerprint density at radius 3 is 1.54 bits per heavy atom. The van der Waals surface area contributed by atoms with Crippen molar-refractivity contribution in [2.24, 2.45) is 0 Å². The van der Waals surface area contributed by atoms with Crippen LogP contribution in [0.15, 0.2) is 0 Å². The average Bonchev–Trinajstić information content (AvgIpc) is 2.24. The number of rotatable bonds is 6.